The molecule has 0 fully saturated rings. The molecule has 0 spiro atoms. The number of aromatic nitrogens is 1. The summed E-state index contributed by atoms with van der Waals surface area (Å²) < 4.78 is 1.08. The summed E-state index contributed by atoms with van der Waals surface area (Å²) in [4.78, 5) is 16.5. The number of amides is 1. The van der Waals surface area contributed by atoms with Crippen LogP contribution >= 0.6 is 11.3 Å². The lowest BCUT2D eigenvalue weighted by atomic mass is 10.1. The largest absolute Gasteiger partial charge is 0.399 e. The minimum Gasteiger partial charge on any atom is -0.399 e. The Bertz CT molecular complexity index is 793. The first-order chi connectivity index (χ1) is 10.1. The summed E-state index contributed by atoms with van der Waals surface area (Å²) in [6, 6.07) is 13.3. The number of benzene rings is 2. The van der Waals surface area contributed by atoms with Crippen LogP contribution in [0.15, 0.2) is 42.5 Å². The number of aryl methyl sites for hydroxylation is 1. The molecule has 0 saturated carbocycles. The van der Waals surface area contributed by atoms with Gasteiger partial charge in [0.2, 0.25) is 5.91 Å². The number of nitrogens with two attached hydrogens (primary N) is 1. The molecule has 5 heteroatoms. The molecule has 21 heavy (non-hydrogen) atoms. The standard InChI is InChI=1S/C16H15N3OS/c1-10-3-2-4-13-15(10)19-16(21-13)18-14(20)9-11-5-7-12(17)8-6-11/h2-8H,9,17H2,1H3,(H,18,19,20). The molecule has 0 aliphatic rings. The molecule has 1 amide bonds. The number of para-hydroxylation sites is 1. The van der Waals surface area contributed by atoms with Crippen LogP contribution in [0.5, 0.6) is 0 Å². The van der Waals surface area contributed by atoms with E-state index in [4.69, 9.17) is 5.73 Å². The van der Waals surface area contributed by atoms with Crippen LogP contribution in [0.1, 0.15) is 11.1 Å². The Kier molecular flexibility index (Phi) is 3.58. The van der Waals surface area contributed by atoms with E-state index in [0.29, 0.717) is 17.2 Å². The van der Waals surface area contributed by atoms with Crippen LogP contribution in [-0.2, 0) is 11.2 Å². The summed E-state index contributed by atoms with van der Waals surface area (Å²) in [6.07, 6.45) is 0.315. The Morgan fingerprint density at radius 2 is 2.00 bits per heavy atom. The molecule has 2 aromatic carbocycles. The maximum Gasteiger partial charge on any atom is 0.230 e. The summed E-state index contributed by atoms with van der Waals surface area (Å²) in [5, 5.41) is 3.50. The number of carbonyl (C=O) groups excluding carboxylic acids is 1. The number of nitrogens with one attached hydrogen (secondary N) is 1. The van der Waals surface area contributed by atoms with E-state index in [1.54, 1.807) is 12.1 Å². The predicted octanol–water partition coefficient (Wildman–Crippen LogP) is 3.37. The van der Waals surface area contributed by atoms with E-state index in [2.05, 4.69) is 10.3 Å². The smallest absolute Gasteiger partial charge is 0.230 e. The lowest BCUT2D eigenvalue weighted by Gasteiger charge is -2.02. The van der Waals surface area contributed by atoms with Crippen LogP contribution in [0, 0.1) is 6.92 Å². The van der Waals surface area contributed by atoms with Crippen molar-refractivity contribution < 1.29 is 4.79 Å². The second kappa shape index (κ2) is 5.54. The molecule has 3 rings (SSSR count). The molecule has 1 heterocycles. The van der Waals surface area contributed by atoms with Crippen LogP contribution in [-0.4, -0.2) is 10.9 Å². The van der Waals surface area contributed by atoms with Crippen molar-refractivity contribution in [3.8, 4) is 0 Å². The van der Waals surface area contributed by atoms with Crippen LogP contribution < -0.4 is 11.1 Å². The summed E-state index contributed by atoms with van der Waals surface area (Å²) in [5.41, 5.74) is 9.32. The van der Waals surface area contributed by atoms with E-state index in [0.717, 1.165) is 21.3 Å². The Labute approximate surface area is 126 Å². The summed E-state index contributed by atoms with van der Waals surface area (Å²) in [6.45, 7) is 2.02. The molecule has 1 aromatic heterocycles. The Hall–Kier alpha value is -2.40. The number of hydrogen-bond acceptors (Lipinski definition) is 4. The van der Waals surface area contributed by atoms with Crippen molar-refractivity contribution >= 4 is 38.3 Å². The van der Waals surface area contributed by atoms with Crippen molar-refractivity contribution in [2.75, 3.05) is 11.1 Å². The molecule has 0 aliphatic carbocycles. The third kappa shape index (κ3) is 3.03. The summed E-state index contributed by atoms with van der Waals surface area (Å²) >= 11 is 1.49. The van der Waals surface area contributed by atoms with E-state index >= 15 is 0 Å². The van der Waals surface area contributed by atoms with Gasteiger partial charge in [0.25, 0.3) is 0 Å². The van der Waals surface area contributed by atoms with Gasteiger partial charge in [-0.05, 0) is 36.2 Å². The monoisotopic (exact) mass is 297 g/mol. The third-order valence-electron chi connectivity index (χ3n) is 3.21. The number of anilines is 2. The third-order valence-corrected chi connectivity index (χ3v) is 4.15. The van der Waals surface area contributed by atoms with Gasteiger partial charge in [-0.25, -0.2) is 4.98 Å². The quantitative estimate of drug-likeness (QED) is 0.728. The van der Waals surface area contributed by atoms with Gasteiger partial charge in [-0.3, -0.25) is 4.79 Å². The SMILES string of the molecule is Cc1cccc2sc(NC(=O)Cc3ccc(N)cc3)nc12. The number of thiazole rings is 1. The van der Waals surface area contributed by atoms with Gasteiger partial charge >= 0.3 is 0 Å². The minimum absolute atomic E-state index is 0.0727. The number of rotatable bonds is 3. The van der Waals surface area contributed by atoms with Crippen molar-refractivity contribution in [3.63, 3.8) is 0 Å². The molecule has 0 unspecified atom stereocenters. The van der Waals surface area contributed by atoms with Gasteiger partial charge in [-0.1, -0.05) is 35.6 Å². The van der Waals surface area contributed by atoms with Crippen molar-refractivity contribution in [2.45, 2.75) is 13.3 Å². The molecule has 0 aliphatic heterocycles. The second-order valence-electron chi connectivity index (χ2n) is 4.91. The first kappa shape index (κ1) is 13.6. The van der Waals surface area contributed by atoms with Crippen LogP contribution in [0.3, 0.4) is 0 Å². The Balaban J connectivity index is 1.74. The van der Waals surface area contributed by atoms with Crippen LogP contribution in [0.2, 0.25) is 0 Å². The lowest BCUT2D eigenvalue weighted by molar-refractivity contribution is -0.115. The molecule has 3 aromatic rings. The van der Waals surface area contributed by atoms with Gasteiger partial charge in [0.15, 0.2) is 5.13 Å². The fraction of sp³-hybridized carbons (Fsp3) is 0.125. The number of carbonyl (C=O) groups is 1. The molecular formula is C16H15N3OS. The average Bonchev–Trinajstić information content (AvgIpc) is 2.85. The second-order valence-corrected chi connectivity index (χ2v) is 5.94. The van der Waals surface area contributed by atoms with E-state index in [1.165, 1.54) is 11.3 Å². The first-order valence-corrected chi connectivity index (χ1v) is 7.44. The molecule has 0 radical (unpaired) electrons. The molecule has 3 N–H and O–H groups in total. The van der Waals surface area contributed by atoms with Gasteiger partial charge < -0.3 is 11.1 Å². The van der Waals surface area contributed by atoms with Gasteiger partial charge in [-0.15, -0.1) is 0 Å². The number of hydrogen-bond donors (Lipinski definition) is 2. The maximum absolute atomic E-state index is 12.1. The predicted molar refractivity (Wildman–Crippen MR) is 87.5 cm³/mol. The molecule has 4 nitrogen and oxygen atoms in total. The van der Waals surface area contributed by atoms with Gasteiger partial charge in [0.05, 0.1) is 16.6 Å². The fourth-order valence-electron chi connectivity index (χ4n) is 2.12. The Morgan fingerprint density at radius 3 is 2.71 bits per heavy atom. The fourth-order valence-corrected chi connectivity index (χ4v) is 3.08. The van der Waals surface area contributed by atoms with Crippen molar-refractivity contribution in [1.82, 2.24) is 4.98 Å². The minimum atomic E-state index is -0.0727. The van der Waals surface area contributed by atoms with Crippen molar-refractivity contribution in [3.05, 3.63) is 53.6 Å². The van der Waals surface area contributed by atoms with Crippen LogP contribution in [0.25, 0.3) is 10.2 Å². The highest BCUT2D eigenvalue weighted by molar-refractivity contribution is 7.22. The van der Waals surface area contributed by atoms with Crippen LogP contribution in [0.4, 0.5) is 10.8 Å². The normalized spacial score (nSPS) is 10.7. The number of fused-ring (bicyclic) bond motifs is 1. The molecular weight excluding hydrogens is 282 g/mol. The molecule has 0 atom stereocenters. The van der Waals surface area contributed by atoms with Gasteiger partial charge in [0.1, 0.15) is 0 Å². The van der Waals surface area contributed by atoms with E-state index < -0.39 is 0 Å². The van der Waals surface area contributed by atoms with E-state index in [-0.39, 0.29) is 5.91 Å². The lowest BCUT2D eigenvalue weighted by Crippen LogP contribution is -2.14. The molecule has 0 saturated heterocycles. The average molecular weight is 297 g/mol. The highest BCUT2D eigenvalue weighted by atomic mass is 32.1. The van der Waals surface area contributed by atoms with Crippen molar-refractivity contribution in [2.24, 2.45) is 0 Å². The zero-order chi connectivity index (χ0) is 14.8. The topological polar surface area (TPSA) is 68.0 Å². The van der Waals surface area contributed by atoms with E-state index in [1.807, 2.05) is 37.3 Å². The zero-order valence-electron chi connectivity index (χ0n) is 11.6. The number of nitrogen functional groups attached to an aromatic ring is 1. The van der Waals surface area contributed by atoms with Crippen molar-refractivity contribution in [1.29, 1.82) is 0 Å². The molecule has 106 valence electrons. The van der Waals surface area contributed by atoms with E-state index in [9.17, 15) is 4.79 Å². The first-order valence-electron chi connectivity index (χ1n) is 6.62. The van der Waals surface area contributed by atoms with Gasteiger partial charge in [0, 0.05) is 5.69 Å². The summed E-state index contributed by atoms with van der Waals surface area (Å²) in [7, 11) is 0. The van der Waals surface area contributed by atoms with Gasteiger partial charge in [-0.2, -0.15) is 0 Å². The highest BCUT2D eigenvalue weighted by Gasteiger charge is 2.09. The summed E-state index contributed by atoms with van der Waals surface area (Å²) in [5.74, 6) is -0.0727. The molecule has 0 bridgehead atoms. The highest BCUT2D eigenvalue weighted by Crippen LogP contribution is 2.27. The maximum atomic E-state index is 12.1. The number of nitrogens with zero attached hydrogens (tertiary/aromatic N) is 1. The Morgan fingerprint density at radius 1 is 1.24 bits per heavy atom. The zero-order valence-corrected chi connectivity index (χ0v) is 12.4.